The van der Waals surface area contributed by atoms with Crippen LogP contribution in [0.15, 0.2) is 10.6 Å². The monoisotopic (exact) mass is 190 g/mol. The van der Waals surface area contributed by atoms with Crippen LogP contribution < -0.4 is 5.73 Å². The van der Waals surface area contributed by atoms with Gasteiger partial charge in [0.1, 0.15) is 0 Å². The van der Waals surface area contributed by atoms with Gasteiger partial charge in [0.25, 0.3) is 0 Å². The summed E-state index contributed by atoms with van der Waals surface area (Å²) in [4.78, 5) is 3.70. The largest absolute Gasteiger partial charge is 0.439 e. The molecule has 74 valence electrons. The van der Waals surface area contributed by atoms with Crippen LogP contribution in [0.4, 0.5) is 8.78 Å². The van der Waals surface area contributed by atoms with Gasteiger partial charge in [-0.1, -0.05) is 0 Å². The number of aromatic nitrogens is 1. The second kappa shape index (κ2) is 3.41. The highest BCUT2D eigenvalue weighted by molar-refractivity contribution is 5.01. The average Bonchev–Trinajstić information content (AvgIpc) is 2.32. The van der Waals surface area contributed by atoms with Crippen LogP contribution in [0.5, 0.6) is 0 Å². The van der Waals surface area contributed by atoms with Crippen LogP contribution in [0, 0.1) is 0 Å². The Morgan fingerprint density at radius 1 is 1.69 bits per heavy atom. The van der Waals surface area contributed by atoms with E-state index in [4.69, 9.17) is 10.2 Å². The van der Waals surface area contributed by atoms with E-state index in [0.717, 1.165) is 13.1 Å². The Balaban J connectivity index is 2.75. The van der Waals surface area contributed by atoms with E-state index >= 15 is 0 Å². The molecule has 1 aromatic rings. The van der Waals surface area contributed by atoms with Crippen LogP contribution in [0.1, 0.15) is 25.5 Å². The van der Waals surface area contributed by atoms with Gasteiger partial charge in [-0.15, -0.1) is 0 Å². The topological polar surface area (TPSA) is 52.0 Å². The molecule has 5 heteroatoms. The first-order valence-corrected chi connectivity index (χ1v) is 3.98. The highest BCUT2D eigenvalue weighted by Gasteiger charge is 2.29. The first-order chi connectivity index (χ1) is 5.89. The van der Waals surface area contributed by atoms with E-state index in [1.165, 1.54) is 0 Å². The van der Waals surface area contributed by atoms with Gasteiger partial charge in [0.05, 0.1) is 6.20 Å². The van der Waals surface area contributed by atoms with Gasteiger partial charge in [-0.2, -0.15) is 8.78 Å². The van der Waals surface area contributed by atoms with E-state index in [9.17, 15) is 8.78 Å². The van der Waals surface area contributed by atoms with E-state index in [1.807, 2.05) is 0 Å². The van der Waals surface area contributed by atoms with Crippen molar-refractivity contribution in [1.29, 1.82) is 0 Å². The van der Waals surface area contributed by atoms with E-state index < -0.39 is 11.7 Å². The summed E-state index contributed by atoms with van der Waals surface area (Å²) in [6.07, 6.45) is 1.41. The van der Waals surface area contributed by atoms with Crippen molar-refractivity contribution in [2.24, 2.45) is 5.73 Å². The zero-order valence-corrected chi connectivity index (χ0v) is 7.55. The number of rotatable bonds is 3. The molecule has 0 aromatic carbocycles. The lowest BCUT2D eigenvalue weighted by Crippen LogP contribution is -2.17. The first kappa shape index (κ1) is 10.1. The molecule has 1 atom stereocenters. The molecule has 13 heavy (non-hydrogen) atoms. The number of oxazole rings is 1. The van der Waals surface area contributed by atoms with Crippen LogP contribution in [-0.4, -0.2) is 11.0 Å². The number of halogens is 2. The molecule has 1 aromatic heterocycles. The number of hydrogen-bond donors (Lipinski definition) is 1. The quantitative estimate of drug-likeness (QED) is 0.788. The number of nitrogens with zero attached hydrogens (tertiary/aromatic N) is 1. The summed E-state index contributed by atoms with van der Waals surface area (Å²) in [7, 11) is 0. The summed E-state index contributed by atoms with van der Waals surface area (Å²) in [5.41, 5.74) is 5.46. The smallest absolute Gasteiger partial charge is 0.303 e. The molecule has 0 aliphatic heterocycles. The standard InChI is InChI=1S/C8H12F2N2O/c1-5(11)3-7-12-4-6(13-7)8(2,9)10/h4-5H,3,11H2,1-2H3. The number of hydrogen-bond acceptors (Lipinski definition) is 3. The molecule has 2 N–H and O–H groups in total. The molecule has 0 aliphatic rings. The van der Waals surface area contributed by atoms with Crippen LogP contribution in [0.3, 0.4) is 0 Å². The minimum atomic E-state index is -2.97. The summed E-state index contributed by atoms with van der Waals surface area (Å²) in [6, 6.07) is -0.142. The van der Waals surface area contributed by atoms with Crippen LogP contribution in [0.2, 0.25) is 0 Å². The van der Waals surface area contributed by atoms with Crippen molar-refractivity contribution >= 4 is 0 Å². The van der Waals surface area contributed by atoms with Crippen molar-refractivity contribution in [3.8, 4) is 0 Å². The lowest BCUT2D eigenvalue weighted by molar-refractivity contribution is -0.00630. The zero-order chi connectivity index (χ0) is 10.1. The minimum absolute atomic E-state index is 0.142. The molecule has 0 radical (unpaired) electrons. The molecule has 0 fully saturated rings. The van der Waals surface area contributed by atoms with Gasteiger partial charge >= 0.3 is 5.92 Å². The van der Waals surface area contributed by atoms with E-state index in [0.29, 0.717) is 6.42 Å². The summed E-state index contributed by atoms with van der Waals surface area (Å²) in [5.74, 6) is -3.13. The van der Waals surface area contributed by atoms with Crippen molar-refractivity contribution in [2.45, 2.75) is 32.2 Å². The average molecular weight is 190 g/mol. The molecule has 0 amide bonds. The minimum Gasteiger partial charge on any atom is -0.439 e. The molecule has 3 nitrogen and oxygen atoms in total. The first-order valence-electron chi connectivity index (χ1n) is 3.98. The highest BCUT2D eigenvalue weighted by Crippen LogP contribution is 2.27. The lowest BCUT2D eigenvalue weighted by Gasteiger charge is -2.04. The predicted octanol–water partition coefficient (Wildman–Crippen LogP) is 1.68. The Morgan fingerprint density at radius 2 is 2.31 bits per heavy atom. The maximum atomic E-state index is 12.6. The zero-order valence-electron chi connectivity index (χ0n) is 7.55. The fourth-order valence-corrected chi connectivity index (χ4v) is 0.883. The normalized spacial score (nSPS) is 14.5. The maximum absolute atomic E-state index is 12.6. The lowest BCUT2D eigenvalue weighted by atomic mass is 10.2. The van der Waals surface area contributed by atoms with Gasteiger partial charge in [-0.25, -0.2) is 4.98 Å². The van der Waals surface area contributed by atoms with Gasteiger partial charge in [-0.05, 0) is 6.92 Å². The Kier molecular flexibility index (Phi) is 2.66. The van der Waals surface area contributed by atoms with Gasteiger partial charge in [0, 0.05) is 19.4 Å². The van der Waals surface area contributed by atoms with Crippen molar-refractivity contribution < 1.29 is 13.2 Å². The van der Waals surface area contributed by atoms with E-state index in [1.54, 1.807) is 6.92 Å². The summed E-state index contributed by atoms with van der Waals surface area (Å²) in [6.45, 7) is 2.52. The van der Waals surface area contributed by atoms with E-state index in [2.05, 4.69) is 4.98 Å². The fraction of sp³-hybridized carbons (Fsp3) is 0.625. The molecule has 1 unspecified atom stereocenters. The third kappa shape index (κ3) is 2.77. The van der Waals surface area contributed by atoms with Gasteiger partial charge in [0.2, 0.25) is 0 Å². The SMILES string of the molecule is CC(N)Cc1ncc(C(C)(F)F)o1. The van der Waals surface area contributed by atoms with Crippen molar-refractivity contribution in [1.82, 2.24) is 4.98 Å². The molecule has 0 bridgehead atoms. The summed E-state index contributed by atoms with van der Waals surface area (Å²) >= 11 is 0. The molecule has 0 saturated heterocycles. The number of nitrogens with two attached hydrogens (primary N) is 1. The summed E-state index contributed by atoms with van der Waals surface area (Å²) < 4.78 is 30.1. The Morgan fingerprint density at radius 3 is 2.69 bits per heavy atom. The molecular formula is C8H12F2N2O. The highest BCUT2D eigenvalue weighted by atomic mass is 19.3. The van der Waals surface area contributed by atoms with Crippen molar-refractivity contribution in [2.75, 3.05) is 0 Å². The van der Waals surface area contributed by atoms with Gasteiger partial charge < -0.3 is 10.2 Å². The second-order valence-electron chi connectivity index (χ2n) is 3.19. The van der Waals surface area contributed by atoms with Crippen molar-refractivity contribution in [3.63, 3.8) is 0 Å². The maximum Gasteiger partial charge on any atom is 0.303 e. The Hall–Kier alpha value is -0.970. The molecule has 0 spiro atoms. The molecule has 0 saturated carbocycles. The molecule has 1 heterocycles. The third-order valence-electron chi connectivity index (χ3n) is 1.48. The van der Waals surface area contributed by atoms with Crippen molar-refractivity contribution in [3.05, 3.63) is 17.8 Å². The second-order valence-corrected chi connectivity index (χ2v) is 3.19. The third-order valence-corrected chi connectivity index (χ3v) is 1.48. The molecular weight excluding hydrogens is 178 g/mol. The summed E-state index contributed by atoms with van der Waals surface area (Å²) in [5, 5.41) is 0. The number of alkyl halides is 2. The van der Waals surface area contributed by atoms with Crippen LogP contribution >= 0.6 is 0 Å². The van der Waals surface area contributed by atoms with Crippen LogP contribution in [0.25, 0.3) is 0 Å². The van der Waals surface area contributed by atoms with Gasteiger partial charge in [-0.3, -0.25) is 0 Å². The Bertz CT molecular complexity index is 278. The van der Waals surface area contributed by atoms with E-state index in [-0.39, 0.29) is 11.9 Å². The predicted molar refractivity (Wildman–Crippen MR) is 43.4 cm³/mol. The fourth-order valence-electron chi connectivity index (χ4n) is 0.883. The Labute approximate surface area is 74.9 Å². The molecule has 1 rings (SSSR count). The molecule has 0 aliphatic carbocycles. The van der Waals surface area contributed by atoms with Crippen LogP contribution in [-0.2, 0) is 12.3 Å². The van der Waals surface area contributed by atoms with Gasteiger partial charge in [0.15, 0.2) is 11.7 Å².